The number of rotatable bonds is 1. The van der Waals surface area contributed by atoms with Crippen LogP contribution in [0.15, 0.2) is 18.2 Å². The highest BCUT2D eigenvalue weighted by atomic mass is 19.1. The highest BCUT2D eigenvalue weighted by Gasteiger charge is 2.21. The molecule has 1 aliphatic rings. The van der Waals surface area contributed by atoms with Gasteiger partial charge in [-0.15, -0.1) is 0 Å². The fourth-order valence-corrected chi connectivity index (χ4v) is 2.45. The number of aromatic nitrogens is 2. The fraction of sp³-hybridized carbons (Fsp3) is 0.462. The summed E-state index contributed by atoms with van der Waals surface area (Å²) in [6.07, 6.45) is 0. The second-order valence-electron chi connectivity index (χ2n) is 4.88. The van der Waals surface area contributed by atoms with E-state index in [1.807, 2.05) is 6.07 Å². The predicted octanol–water partition coefficient (Wildman–Crippen LogP) is 2.40. The smallest absolute Gasteiger partial charge is 0.125 e. The van der Waals surface area contributed by atoms with Crippen LogP contribution >= 0.6 is 0 Å². The lowest BCUT2D eigenvalue weighted by Gasteiger charge is -2.30. The standard InChI is InChI=1S/C13H16FN3/c1-9(2)16-5-6-17-12-4-3-10(14)7-11(12)15-13(17)8-16/h3-4,7,9H,5-6,8H2,1-2H3. The number of fused-ring (bicyclic) bond motifs is 3. The molecule has 3 nitrogen and oxygen atoms in total. The maximum Gasteiger partial charge on any atom is 0.125 e. The van der Waals surface area contributed by atoms with Crippen LogP contribution in [0.3, 0.4) is 0 Å². The molecule has 90 valence electrons. The van der Waals surface area contributed by atoms with Crippen molar-refractivity contribution in [3.63, 3.8) is 0 Å². The molecule has 0 unspecified atom stereocenters. The summed E-state index contributed by atoms with van der Waals surface area (Å²) >= 11 is 0. The van der Waals surface area contributed by atoms with Crippen molar-refractivity contribution in [1.29, 1.82) is 0 Å². The Morgan fingerprint density at radius 2 is 2.12 bits per heavy atom. The molecule has 0 saturated heterocycles. The number of halogens is 1. The molecule has 4 heteroatoms. The first-order valence-corrected chi connectivity index (χ1v) is 6.04. The highest BCUT2D eigenvalue weighted by molar-refractivity contribution is 5.76. The lowest BCUT2D eigenvalue weighted by molar-refractivity contribution is 0.175. The van der Waals surface area contributed by atoms with Crippen LogP contribution in [0.4, 0.5) is 4.39 Å². The molecule has 1 aliphatic heterocycles. The Morgan fingerprint density at radius 3 is 2.88 bits per heavy atom. The van der Waals surface area contributed by atoms with Crippen LogP contribution in [0.25, 0.3) is 11.0 Å². The van der Waals surface area contributed by atoms with Crippen LogP contribution in [0.2, 0.25) is 0 Å². The van der Waals surface area contributed by atoms with Gasteiger partial charge in [0.25, 0.3) is 0 Å². The molecule has 0 fully saturated rings. The molecule has 0 spiro atoms. The zero-order chi connectivity index (χ0) is 12.0. The maximum absolute atomic E-state index is 13.1. The third-order valence-electron chi connectivity index (χ3n) is 3.47. The van der Waals surface area contributed by atoms with Gasteiger partial charge in [0.2, 0.25) is 0 Å². The zero-order valence-corrected chi connectivity index (χ0v) is 10.2. The van der Waals surface area contributed by atoms with Crippen molar-refractivity contribution in [3.8, 4) is 0 Å². The van der Waals surface area contributed by atoms with Crippen molar-refractivity contribution in [2.45, 2.75) is 33.0 Å². The van der Waals surface area contributed by atoms with Gasteiger partial charge >= 0.3 is 0 Å². The second-order valence-corrected chi connectivity index (χ2v) is 4.88. The molecule has 2 aromatic rings. The minimum absolute atomic E-state index is 0.214. The largest absolute Gasteiger partial charge is 0.326 e. The molecule has 0 saturated carbocycles. The Hall–Kier alpha value is -1.42. The van der Waals surface area contributed by atoms with Gasteiger partial charge in [-0.1, -0.05) is 0 Å². The first-order chi connectivity index (χ1) is 8.15. The Kier molecular flexibility index (Phi) is 2.40. The van der Waals surface area contributed by atoms with Gasteiger partial charge in [-0.3, -0.25) is 4.90 Å². The van der Waals surface area contributed by atoms with Crippen molar-refractivity contribution in [2.75, 3.05) is 6.54 Å². The molecule has 0 atom stereocenters. The van der Waals surface area contributed by atoms with Gasteiger partial charge in [0.1, 0.15) is 11.6 Å². The van der Waals surface area contributed by atoms with Crippen LogP contribution in [-0.4, -0.2) is 27.0 Å². The van der Waals surface area contributed by atoms with Gasteiger partial charge < -0.3 is 4.57 Å². The lowest BCUT2D eigenvalue weighted by Crippen LogP contribution is -2.38. The highest BCUT2D eigenvalue weighted by Crippen LogP contribution is 2.22. The van der Waals surface area contributed by atoms with Gasteiger partial charge in [0, 0.05) is 25.2 Å². The van der Waals surface area contributed by atoms with E-state index in [1.54, 1.807) is 0 Å². The summed E-state index contributed by atoms with van der Waals surface area (Å²) in [4.78, 5) is 6.91. The normalized spacial score (nSPS) is 16.7. The summed E-state index contributed by atoms with van der Waals surface area (Å²) in [7, 11) is 0. The first kappa shape index (κ1) is 10.7. The van der Waals surface area contributed by atoms with Crippen molar-refractivity contribution in [2.24, 2.45) is 0 Å². The summed E-state index contributed by atoms with van der Waals surface area (Å²) in [5, 5.41) is 0. The van der Waals surface area contributed by atoms with Gasteiger partial charge in [-0.2, -0.15) is 0 Å². The van der Waals surface area contributed by atoms with E-state index in [9.17, 15) is 4.39 Å². The number of hydrogen-bond donors (Lipinski definition) is 0. The Labute approximate surface area is 99.9 Å². The van der Waals surface area contributed by atoms with Crippen molar-refractivity contribution < 1.29 is 4.39 Å². The summed E-state index contributed by atoms with van der Waals surface area (Å²) < 4.78 is 15.3. The molecule has 2 heterocycles. The number of imidazole rings is 1. The minimum Gasteiger partial charge on any atom is -0.326 e. The third kappa shape index (κ3) is 1.72. The molecule has 1 aromatic carbocycles. The molecular weight excluding hydrogens is 217 g/mol. The molecule has 0 radical (unpaired) electrons. The van der Waals surface area contributed by atoms with Crippen molar-refractivity contribution in [3.05, 3.63) is 29.8 Å². The SMILES string of the molecule is CC(C)N1CCn2c(nc3cc(F)ccc32)C1. The van der Waals surface area contributed by atoms with E-state index in [2.05, 4.69) is 28.3 Å². The molecule has 17 heavy (non-hydrogen) atoms. The summed E-state index contributed by atoms with van der Waals surface area (Å²) in [6.45, 7) is 7.22. The second kappa shape index (κ2) is 3.81. The maximum atomic E-state index is 13.1. The number of hydrogen-bond acceptors (Lipinski definition) is 2. The van der Waals surface area contributed by atoms with Crippen LogP contribution in [0, 0.1) is 5.82 Å². The van der Waals surface area contributed by atoms with E-state index in [-0.39, 0.29) is 5.82 Å². The average Bonchev–Trinajstić information content (AvgIpc) is 2.64. The summed E-state index contributed by atoms with van der Waals surface area (Å²) in [5.41, 5.74) is 1.82. The fourth-order valence-electron chi connectivity index (χ4n) is 2.45. The van der Waals surface area contributed by atoms with E-state index < -0.39 is 0 Å². The van der Waals surface area contributed by atoms with Crippen molar-refractivity contribution in [1.82, 2.24) is 14.5 Å². The van der Waals surface area contributed by atoms with Gasteiger partial charge in [0.15, 0.2) is 0 Å². The average molecular weight is 233 g/mol. The van der Waals surface area contributed by atoms with Crippen LogP contribution in [0.5, 0.6) is 0 Å². The van der Waals surface area contributed by atoms with E-state index in [0.29, 0.717) is 6.04 Å². The molecule has 1 aromatic heterocycles. The summed E-state index contributed by atoms with van der Waals surface area (Å²) in [5.74, 6) is 0.833. The molecule has 0 amide bonds. The Bertz CT molecular complexity index is 559. The van der Waals surface area contributed by atoms with Crippen LogP contribution in [-0.2, 0) is 13.1 Å². The molecule has 3 rings (SSSR count). The topological polar surface area (TPSA) is 21.1 Å². The van der Waals surface area contributed by atoms with E-state index in [4.69, 9.17) is 0 Å². The van der Waals surface area contributed by atoms with Gasteiger partial charge in [0.05, 0.1) is 17.6 Å². The van der Waals surface area contributed by atoms with Gasteiger partial charge in [-0.25, -0.2) is 9.37 Å². The molecular formula is C13H16FN3. The molecule has 0 bridgehead atoms. The zero-order valence-electron chi connectivity index (χ0n) is 10.2. The lowest BCUT2D eigenvalue weighted by atomic mass is 10.2. The van der Waals surface area contributed by atoms with Crippen molar-refractivity contribution >= 4 is 11.0 Å². The first-order valence-electron chi connectivity index (χ1n) is 6.04. The molecule has 0 N–H and O–H groups in total. The predicted molar refractivity (Wildman–Crippen MR) is 65.2 cm³/mol. The number of nitrogens with zero attached hydrogens (tertiary/aromatic N) is 3. The minimum atomic E-state index is -0.214. The third-order valence-corrected chi connectivity index (χ3v) is 3.47. The number of benzene rings is 1. The molecule has 0 aliphatic carbocycles. The van der Waals surface area contributed by atoms with E-state index in [1.165, 1.54) is 12.1 Å². The summed E-state index contributed by atoms with van der Waals surface area (Å²) in [6, 6.07) is 5.37. The monoisotopic (exact) mass is 233 g/mol. The van der Waals surface area contributed by atoms with Crippen LogP contribution < -0.4 is 0 Å². The van der Waals surface area contributed by atoms with E-state index in [0.717, 1.165) is 36.5 Å². The quantitative estimate of drug-likeness (QED) is 0.754. The van der Waals surface area contributed by atoms with E-state index >= 15 is 0 Å². The van der Waals surface area contributed by atoms with Crippen LogP contribution in [0.1, 0.15) is 19.7 Å². The van der Waals surface area contributed by atoms with Gasteiger partial charge in [-0.05, 0) is 26.0 Å². The Balaban J connectivity index is 2.07. The Morgan fingerprint density at radius 1 is 1.29 bits per heavy atom.